The largest absolute Gasteiger partial charge is 0.360 e. The average Bonchev–Trinajstić information content (AvgIpc) is 2.94. The molecule has 1 aromatic rings. The van der Waals surface area contributed by atoms with Gasteiger partial charge in [0, 0.05) is 32.1 Å². The molecule has 0 saturated carbocycles. The molecule has 7 nitrogen and oxygen atoms in total. The Bertz CT molecular complexity index is 575. The van der Waals surface area contributed by atoms with E-state index in [4.69, 9.17) is 4.52 Å². The fraction of sp³-hybridized carbons (Fsp3) is 0.643. The van der Waals surface area contributed by atoms with E-state index in [9.17, 15) is 9.59 Å². The van der Waals surface area contributed by atoms with E-state index in [1.807, 2.05) is 13.8 Å². The van der Waals surface area contributed by atoms with Crippen LogP contribution in [0.1, 0.15) is 41.6 Å². The van der Waals surface area contributed by atoms with Crippen molar-refractivity contribution in [2.45, 2.75) is 32.7 Å². The molecule has 0 atom stereocenters. The quantitative estimate of drug-likeness (QED) is 0.900. The summed E-state index contributed by atoms with van der Waals surface area (Å²) in [6.45, 7) is 8.30. The number of urea groups is 1. The van der Waals surface area contributed by atoms with Gasteiger partial charge in [0.2, 0.25) is 0 Å². The Kier molecular flexibility index (Phi) is 3.35. The van der Waals surface area contributed by atoms with Crippen molar-refractivity contribution >= 4 is 11.9 Å². The van der Waals surface area contributed by atoms with Crippen molar-refractivity contribution in [1.82, 2.24) is 20.3 Å². The number of likely N-dealkylation sites (tertiary alicyclic amines) is 1. The Hall–Kier alpha value is -2.05. The zero-order valence-electron chi connectivity index (χ0n) is 12.5. The highest BCUT2D eigenvalue weighted by molar-refractivity contribution is 5.97. The summed E-state index contributed by atoms with van der Waals surface area (Å²) in [7, 11) is 0. The number of nitrogens with one attached hydrogen (secondary N) is 1. The number of hydrogen-bond acceptors (Lipinski definition) is 4. The van der Waals surface area contributed by atoms with Gasteiger partial charge in [0.25, 0.3) is 5.91 Å². The molecule has 3 amide bonds. The highest BCUT2D eigenvalue weighted by Gasteiger charge is 2.40. The number of hydrogen-bond donors (Lipinski definition) is 1. The Morgan fingerprint density at radius 3 is 2.71 bits per heavy atom. The molecule has 0 aromatic carbocycles. The third kappa shape index (κ3) is 2.26. The summed E-state index contributed by atoms with van der Waals surface area (Å²) >= 11 is 0. The first-order chi connectivity index (χ1) is 9.99. The molecule has 0 spiro atoms. The fourth-order valence-electron chi connectivity index (χ4n) is 2.85. The van der Waals surface area contributed by atoms with Gasteiger partial charge < -0.3 is 19.6 Å². The van der Waals surface area contributed by atoms with Crippen molar-refractivity contribution in [3.05, 3.63) is 17.0 Å². The van der Waals surface area contributed by atoms with Crippen LogP contribution in [-0.2, 0) is 0 Å². The highest BCUT2D eigenvalue weighted by Crippen LogP contribution is 2.26. The third-order valence-electron chi connectivity index (χ3n) is 4.11. The van der Waals surface area contributed by atoms with Crippen molar-refractivity contribution in [2.24, 2.45) is 0 Å². The predicted molar refractivity (Wildman–Crippen MR) is 75.1 cm³/mol. The summed E-state index contributed by atoms with van der Waals surface area (Å²) in [5.41, 5.74) is 1.21. The average molecular weight is 292 g/mol. The molecule has 0 bridgehead atoms. The third-order valence-corrected chi connectivity index (χ3v) is 4.11. The molecule has 0 radical (unpaired) electrons. The number of rotatable bonds is 3. The second kappa shape index (κ2) is 5.05. The molecular formula is C14H20N4O3. The molecule has 2 saturated heterocycles. The maximum atomic E-state index is 12.6. The molecule has 7 heteroatoms. The molecule has 3 rings (SSSR count). The number of aromatic nitrogens is 1. The monoisotopic (exact) mass is 292 g/mol. The Morgan fingerprint density at radius 2 is 2.14 bits per heavy atom. The van der Waals surface area contributed by atoms with Crippen LogP contribution in [0.25, 0.3) is 0 Å². The van der Waals surface area contributed by atoms with Crippen molar-refractivity contribution in [1.29, 1.82) is 0 Å². The lowest BCUT2D eigenvalue weighted by atomic mass is 10.0. The van der Waals surface area contributed by atoms with Gasteiger partial charge in [0.1, 0.15) is 5.56 Å². The molecule has 0 unspecified atom stereocenters. The molecule has 0 aliphatic carbocycles. The molecule has 2 aliphatic heterocycles. The van der Waals surface area contributed by atoms with Gasteiger partial charge in [-0.05, 0) is 6.92 Å². The normalized spacial score (nSPS) is 19.1. The highest BCUT2D eigenvalue weighted by atomic mass is 16.5. The van der Waals surface area contributed by atoms with Crippen LogP contribution in [0.4, 0.5) is 4.79 Å². The van der Waals surface area contributed by atoms with E-state index in [0.29, 0.717) is 36.7 Å². The van der Waals surface area contributed by atoms with Gasteiger partial charge in [0.15, 0.2) is 5.76 Å². The molecule has 2 fully saturated rings. The van der Waals surface area contributed by atoms with Gasteiger partial charge in [-0.25, -0.2) is 4.79 Å². The van der Waals surface area contributed by atoms with Crippen molar-refractivity contribution in [3.8, 4) is 0 Å². The maximum Gasteiger partial charge on any atom is 0.317 e. The maximum absolute atomic E-state index is 12.6. The summed E-state index contributed by atoms with van der Waals surface area (Å²) in [4.78, 5) is 27.7. The van der Waals surface area contributed by atoms with Crippen LogP contribution in [0.2, 0.25) is 0 Å². The smallest absolute Gasteiger partial charge is 0.317 e. The summed E-state index contributed by atoms with van der Waals surface area (Å²) in [5, 5.41) is 6.69. The summed E-state index contributed by atoms with van der Waals surface area (Å²) in [6.07, 6.45) is 0. The van der Waals surface area contributed by atoms with E-state index >= 15 is 0 Å². The van der Waals surface area contributed by atoms with E-state index in [2.05, 4.69) is 10.5 Å². The van der Waals surface area contributed by atoms with Crippen LogP contribution in [0.5, 0.6) is 0 Å². The minimum Gasteiger partial charge on any atom is -0.360 e. The molecule has 21 heavy (non-hydrogen) atoms. The second-order valence-electron chi connectivity index (χ2n) is 5.95. The van der Waals surface area contributed by atoms with Gasteiger partial charge in [-0.15, -0.1) is 0 Å². The number of carbonyl (C=O) groups is 2. The standard InChI is InChI=1S/C14H20N4O3/c1-8(2)12-11(9(3)16-21-12)13(19)17-6-10(7-17)18-5-4-15-14(18)20/h8,10H,4-7H2,1-3H3,(H,15,20). The summed E-state index contributed by atoms with van der Waals surface area (Å²) < 4.78 is 5.27. The Morgan fingerprint density at radius 1 is 1.43 bits per heavy atom. The molecule has 3 heterocycles. The van der Waals surface area contributed by atoms with Gasteiger partial charge in [0.05, 0.1) is 11.7 Å². The summed E-state index contributed by atoms with van der Waals surface area (Å²) in [6, 6.07) is 0.0928. The molecular weight excluding hydrogens is 272 g/mol. The van der Waals surface area contributed by atoms with Crippen LogP contribution in [-0.4, -0.2) is 59.1 Å². The van der Waals surface area contributed by atoms with Crippen LogP contribution in [0, 0.1) is 6.92 Å². The van der Waals surface area contributed by atoms with Crippen LogP contribution < -0.4 is 5.32 Å². The van der Waals surface area contributed by atoms with E-state index in [1.165, 1.54) is 0 Å². The lowest BCUT2D eigenvalue weighted by Gasteiger charge is -2.43. The summed E-state index contributed by atoms with van der Waals surface area (Å²) in [5.74, 6) is 0.708. The first kappa shape index (κ1) is 13.9. The zero-order chi connectivity index (χ0) is 15.1. The zero-order valence-corrected chi connectivity index (χ0v) is 12.5. The molecule has 2 aliphatic rings. The predicted octanol–water partition coefficient (Wildman–Crippen LogP) is 0.956. The van der Waals surface area contributed by atoms with Gasteiger partial charge >= 0.3 is 6.03 Å². The van der Waals surface area contributed by atoms with E-state index < -0.39 is 0 Å². The van der Waals surface area contributed by atoms with Gasteiger partial charge in [-0.3, -0.25) is 4.79 Å². The van der Waals surface area contributed by atoms with Gasteiger partial charge in [-0.2, -0.15) is 0 Å². The topological polar surface area (TPSA) is 78.7 Å². The Balaban J connectivity index is 1.68. The van der Waals surface area contributed by atoms with Crippen LogP contribution in [0.15, 0.2) is 4.52 Å². The SMILES string of the molecule is Cc1noc(C(C)C)c1C(=O)N1CC(N2CCNC2=O)C1. The van der Waals surface area contributed by atoms with Crippen LogP contribution >= 0.6 is 0 Å². The Labute approximate surface area is 123 Å². The lowest BCUT2D eigenvalue weighted by Crippen LogP contribution is -2.61. The molecule has 114 valence electrons. The van der Waals surface area contributed by atoms with Crippen molar-refractivity contribution in [3.63, 3.8) is 0 Å². The van der Waals surface area contributed by atoms with Crippen LogP contribution in [0.3, 0.4) is 0 Å². The lowest BCUT2D eigenvalue weighted by molar-refractivity contribution is 0.0403. The fourth-order valence-corrected chi connectivity index (χ4v) is 2.85. The number of carbonyl (C=O) groups excluding carboxylic acids is 2. The molecule has 1 N–H and O–H groups in total. The number of aryl methyl sites for hydroxylation is 1. The number of nitrogens with zero attached hydrogens (tertiary/aromatic N) is 3. The van der Waals surface area contributed by atoms with E-state index in [-0.39, 0.29) is 23.9 Å². The van der Waals surface area contributed by atoms with Crippen molar-refractivity contribution in [2.75, 3.05) is 26.2 Å². The minimum atomic E-state index is -0.0479. The number of amides is 3. The van der Waals surface area contributed by atoms with E-state index in [1.54, 1.807) is 16.7 Å². The first-order valence-electron chi connectivity index (χ1n) is 7.29. The van der Waals surface area contributed by atoms with Crippen molar-refractivity contribution < 1.29 is 14.1 Å². The van der Waals surface area contributed by atoms with E-state index in [0.717, 1.165) is 6.54 Å². The second-order valence-corrected chi connectivity index (χ2v) is 5.95. The minimum absolute atomic E-state index is 0.0314. The van der Waals surface area contributed by atoms with Gasteiger partial charge in [-0.1, -0.05) is 19.0 Å². The molecule has 1 aromatic heterocycles. The first-order valence-corrected chi connectivity index (χ1v) is 7.29.